The third-order valence-corrected chi connectivity index (χ3v) is 5.17. The lowest BCUT2D eigenvalue weighted by atomic mass is 10.2. The number of primary amides is 1. The highest BCUT2D eigenvalue weighted by Crippen LogP contribution is 2.25. The molecule has 0 atom stereocenters. The van der Waals surface area contributed by atoms with Gasteiger partial charge in [-0.1, -0.05) is 24.3 Å². The Morgan fingerprint density at radius 3 is 2.73 bits per heavy atom. The van der Waals surface area contributed by atoms with E-state index in [1.165, 1.54) is 34.2 Å². The number of para-hydroxylation sites is 2. The van der Waals surface area contributed by atoms with Gasteiger partial charge in [0.2, 0.25) is 5.91 Å². The Bertz CT molecular complexity index is 1230. The summed E-state index contributed by atoms with van der Waals surface area (Å²) in [4.78, 5) is 28.3. The number of nitrogens with zero attached hydrogens (tertiary/aromatic N) is 3. The second-order valence-electron chi connectivity index (χ2n) is 6.41. The Morgan fingerprint density at radius 1 is 1.13 bits per heavy atom. The molecule has 0 aliphatic rings. The first kappa shape index (κ1) is 19.5. The van der Waals surface area contributed by atoms with Crippen LogP contribution in [0.3, 0.4) is 0 Å². The molecular weight excluding hydrogens is 405 g/mol. The van der Waals surface area contributed by atoms with Gasteiger partial charge in [0.15, 0.2) is 0 Å². The maximum Gasteiger partial charge on any atom is 0.269 e. The van der Waals surface area contributed by atoms with Crippen LogP contribution in [0.4, 0.5) is 10.1 Å². The normalized spacial score (nSPS) is 10.7. The van der Waals surface area contributed by atoms with Crippen molar-refractivity contribution in [1.29, 1.82) is 0 Å². The third kappa shape index (κ3) is 4.26. The van der Waals surface area contributed by atoms with Crippen LogP contribution in [0, 0.1) is 5.82 Å². The molecule has 30 heavy (non-hydrogen) atoms. The van der Waals surface area contributed by atoms with Crippen LogP contribution in [0.15, 0.2) is 66.2 Å². The molecule has 9 heteroatoms. The molecule has 4 aromatic rings. The average Bonchev–Trinajstić information content (AvgIpc) is 3.38. The summed E-state index contributed by atoms with van der Waals surface area (Å²) in [7, 11) is 0. The zero-order valence-corrected chi connectivity index (χ0v) is 16.4. The van der Waals surface area contributed by atoms with Crippen LogP contribution < -0.4 is 11.1 Å². The highest BCUT2D eigenvalue weighted by Gasteiger charge is 2.13. The van der Waals surface area contributed by atoms with E-state index in [-0.39, 0.29) is 23.8 Å². The SMILES string of the molecule is NC(=O)c1ccn(-c2ccccc2NC(=O)Cc2csc(-c3cccc(F)c3)n2)n1. The van der Waals surface area contributed by atoms with E-state index >= 15 is 0 Å². The fraction of sp³-hybridized carbons (Fsp3) is 0.0476. The molecule has 7 nitrogen and oxygen atoms in total. The van der Waals surface area contributed by atoms with E-state index in [1.807, 2.05) is 0 Å². The summed E-state index contributed by atoms with van der Waals surface area (Å²) in [6, 6.07) is 14.7. The molecule has 2 aromatic carbocycles. The first-order chi connectivity index (χ1) is 14.5. The van der Waals surface area contributed by atoms with Gasteiger partial charge in [-0.15, -0.1) is 11.3 Å². The zero-order chi connectivity index (χ0) is 21.1. The Labute approximate surface area is 175 Å². The van der Waals surface area contributed by atoms with E-state index in [9.17, 15) is 14.0 Å². The number of amides is 2. The second kappa shape index (κ2) is 8.26. The lowest BCUT2D eigenvalue weighted by Gasteiger charge is -2.10. The van der Waals surface area contributed by atoms with Crippen molar-refractivity contribution in [3.63, 3.8) is 0 Å². The number of carbonyl (C=O) groups excluding carboxylic acids is 2. The van der Waals surface area contributed by atoms with Gasteiger partial charge in [0.05, 0.1) is 23.5 Å². The molecule has 0 aliphatic carbocycles. The van der Waals surface area contributed by atoms with Crippen molar-refractivity contribution in [2.75, 3.05) is 5.32 Å². The second-order valence-corrected chi connectivity index (χ2v) is 7.26. The number of benzene rings is 2. The number of aromatic nitrogens is 3. The largest absolute Gasteiger partial charge is 0.364 e. The molecule has 3 N–H and O–H groups in total. The summed E-state index contributed by atoms with van der Waals surface area (Å²) >= 11 is 1.35. The van der Waals surface area contributed by atoms with Crippen LogP contribution in [-0.4, -0.2) is 26.6 Å². The smallest absolute Gasteiger partial charge is 0.269 e. The number of anilines is 1. The number of hydrogen-bond acceptors (Lipinski definition) is 5. The van der Waals surface area contributed by atoms with Crippen LogP contribution in [-0.2, 0) is 11.2 Å². The first-order valence-corrected chi connectivity index (χ1v) is 9.82. The highest BCUT2D eigenvalue weighted by molar-refractivity contribution is 7.13. The van der Waals surface area contributed by atoms with E-state index in [4.69, 9.17) is 5.73 Å². The highest BCUT2D eigenvalue weighted by atomic mass is 32.1. The van der Waals surface area contributed by atoms with E-state index in [1.54, 1.807) is 48.0 Å². The van der Waals surface area contributed by atoms with E-state index in [0.717, 1.165) is 0 Å². The molecule has 0 unspecified atom stereocenters. The molecule has 2 amide bonds. The lowest BCUT2D eigenvalue weighted by molar-refractivity contribution is -0.115. The van der Waals surface area contributed by atoms with Crippen LogP contribution >= 0.6 is 11.3 Å². The van der Waals surface area contributed by atoms with Crippen molar-refractivity contribution in [3.05, 3.63) is 83.4 Å². The molecule has 150 valence electrons. The molecule has 2 heterocycles. The van der Waals surface area contributed by atoms with Crippen molar-refractivity contribution >= 4 is 28.8 Å². The van der Waals surface area contributed by atoms with Crippen molar-refractivity contribution in [2.45, 2.75) is 6.42 Å². The molecule has 0 spiro atoms. The standard InChI is InChI=1S/C21H16FN5O2S/c22-14-5-3-4-13(10-14)21-24-15(12-30-21)11-19(28)25-16-6-1-2-7-18(16)27-9-8-17(26-27)20(23)29/h1-10,12H,11H2,(H2,23,29)(H,25,28). The molecule has 0 saturated carbocycles. The first-order valence-electron chi connectivity index (χ1n) is 8.94. The molecular formula is C21H16FN5O2S. The number of rotatable bonds is 6. The van der Waals surface area contributed by atoms with Crippen LogP contribution in [0.25, 0.3) is 16.3 Å². The Kier molecular flexibility index (Phi) is 5.36. The summed E-state index contributed by atoms with van der Waals surface area (Å²) in [5.41, 5.74) is 7.76. The molecule has 4 rings (SSSR count). The molecule has 0 aliphatic heterocycles. The number of nitrogens with two attached hydrogens (primary N) is 1. The summed E-state index contributed by atoms with van der Waals surface area (Å²) < 4.78 is 14.9. The number of hydrogen-bond donors (Lipinski definition) is 2. The zero-order valence-electron chi connectivity index (χ0n) is 15.6. The number of thiazole rings is 1. The Balaban J connectivity index is 1.49. The van der Waals surface area contributed by atoms with Crippen LogP contribution in [0.5, 0.6) is 0 Å². The van der Waals surface area contributed by atoms with Gasteiger partial charge in [-0.05, 0) is 30.3 Å². The third-order valence-electron chi connectivity index (χ3n) is 4.23. The van der Waals surface area contributed by atoms with E-state index in [0.29, 0.717) is 27.6 Å². The average molecular weight is 421 g/mol. The number of halogens is 1. The van der Waals surface area contributed by atoms with Crippen LogP contribution in [0.2, 0.25) is 0 Å². The van der Waals surface area contributed by atoms with Gasteiger partial charge in [-0.25, -0.2) is 14.1 Å². The van der Waals surface area contributed by atoms with Gasteiger partial charge in [-0.2, -0.15) is 5.10 Å². The van der Waals surface area contributed by atoms with E-state index < -0.39 is 5.91 Å². The van der Waals surface area contributed by atoms with Gasteiger partial charge in [-0.3, -0.25) is 9.59 Å². The number of nitrogens with one attached hydrogen (secondary N) is 1. The molecule has 0 saturated heterocycles. The van der Waals surface area contributed by atoms with Gasteiger partial charge >= 0.3 is 0 Å². The van der Waals surface area contributed by atoms with Crippen molar-refractivity contribution < 1.29 is 14.0 Å². The summed E-state index contributed by atoms with van der Waals surface area (Å²) in [6.07, 6.45) is 1.66. The predicted molar refractivity (Wildman–Crippen MR) is 112 cm³/mol. The lowest BCUT2D eigenvalue weighted by Crippen LogP contribution is -2.16. The van der Waals surface area contributed by atoms with Gasteiger partial charge in [0.1, 0.15) is 16.5 Å². The van der Waals surface area contributed by atoms with E-state index in [2.05, 4.69) is 15.4 Å². The predicted octanol–water partition coefficient (Wildman–Crippen LogP) is 3.42. The van der Waals surface area contributed by atoms with Crippen LogP contribution in [0.1, 0.15) is 16.2 Å². The minimum atomic E-state index is -0.632. The topological polar surface area (TPSA) is 103 Å². The fourth-order valence-corrected chi connectivity index (χ4v) is 3.69. The quantitative estimate of drug-likeness (QED) is 0.498. The monoisotopic (exact) mass is 421 g/mol. The van der Waals surface area contributed by atoms with Gasteiger partial charge in [0.25, 0.3) is 5.91 Å². The molecule has 0 radical (unpaired) electrons. The molecule has 2 aromatic heterocycles. The van der Waals surface area contributed by atoms with Crippen molar-refractivity contribution in [3.8, 4) is 16.3 Å². The summed E-state index contributed by atoms with van der Waals surface area (Å²) in [6.45, 7) is 0. The van der Waals surface area contributed by atoms with Gasteiger partial charge < -0.3 is 11.1 Å². The Hall–Kier alpha value is -3.85. The maximum atomic E-state index is 13.4. The Morgan fingerprint density at radius 2 is 1.97 bits per heavy atom. The maximum absolute atomic E-state index is 13.4. The van der Waals surface area contributed by atoms with Crippen molar-refractivity contribution in [2.24, 2.45) is 5.73 Å². The molecule has 0 bridgehead atoms. The number of carbonyl (C=O) groups is 2. The minimum absolute atomic E-state index is 0.0613. The fourth-order valence-electron chi connectivity index (χ4n) is 2.87. The summed E-state index contributed by atoms with van der Waals surface area (Å²) in [5, 5.41) is 9.39. The van der Waals surface area contributed by atoms with Gasteiger partial charge in [0, 0.05) is 17.1 Å². The van der Waals surface area contributed by atoms with Crippen molar-refractivity contribution in [1.82, 2.24) is 14.8 Å². The minimum Gasteiger partial charge on any atom is -0.364 e. The molecule has 0 fully saturated rings. The summed E-state index contributed by atoms with van der Waals surface area (Å²) in [5.74, 6) is -1.23.